The normalized spacial score (nSPS) is 12.8. The Labute approximate surface area is 148 Å². The summed E-state index contributed by atoms with van der Waals surface area (Å²) in [6.07, 6.45) is 0.206. The number of allylic oxidation sites excluding steroid dienone is 5. The number of aliphatic hydroxyl groups is 2. The Kier molecular flexibility index (Phi) is 7.01. The fourth-order valence-corrected chi connectivity index (χ4v) is 1.93. The molecule has 6 heteroatoms. The third-order valence-corrected chi connectivity index (χ3v) is 3.11. The predicted octanol–water partition coefficient (Wildman–Crippen LogP) is 5.39. The van der Waals surface area contributed by atoms with E-state index in [0.717, 1.165) is 12.1 Å². The van der Waals surface area contributed by atoms with Gasteiger partial charge in [-0.25, -0.2) is 12.1 Å². The van der Waals surface area contributed by atoms with Gasteiger partial charge in [0, 0.05) is 17.1 Å². The third kappa shape index (κ3) is 5.40. The number of rotatable bonds is 1. The monoisotopic (exact) mass is 375 g/mol. The third-order valence-electron chi connectivity index (χ3n) is 3.11. The van der Waals surface area contributed by atoms with Crippen LogP contribution < -0.4 is 0 Å². The molecule has 3 rings (SSSR count). The van der Waals surface area contributed by atoms with Gasteiger partial charge in [-0.05, 0) is 35.4 Å². The van der Waals surface area contributed by atoms with Gasteiger partial charge in [0.1, 0.15) is 0 Å². The summed E-state index contributed by atoms with van der Waals surface area (Å²) in [5, 5.41) is 17.7. The molecule has 0 bridgehead atoms. The SMILES string of the molecule is OC(O)=C1C=CC(c2ccc(C(F)(F)F)cc2)=C1.[Fe].c1cc[cH-]c1. The summed E-state index contributed by atoms with van der Waals surface area (Å²) in [4.78, 5) is 0. The summed E-state index contributed by atoms with van der Waals surface area (Å²) < 4.78 is 37.1. The van der Waals surface area contributed by atoms with Crippen molar-refractivity contribution >= 4 is 5.57 Å². The molecule has 2 N–H and O–H groups in total. The molecule has 0 unspecified atom stereocenters. The van der Waals surface area contributed by atoms with Crippen LogP contribution in [0.3, 0.4) is 0 Å². The van der Waals surface area contributed by atoms with E-state index in [1.165, 1.54) is 24.3 Å². The van der Waals surface area contributed by atoms with E-state index in [9.17, 15) is 13.2 Å². The zero-order valence-corrected chi connectivity index (χ0v) is 13.4. The molecular formula is C18H14F3FeO2-. The molecule has 1 aliphatic rings. The van der Waals surface area contributed by atoms with Crippen LogP contribution in [0.5, 0.6) is 0 Å². The Morgan fingerprint density at radius 2 is 1.50 bits per heavy atom. The molecule has 0 atom stereocenters. The van der Waals surface area contributed by atoms with Gasteiger partial charge < -0.3 is 10.2 Å². The van der Waals surface area contributed by atoms with Crippen molar-refractivity contribution in [2.45, 2.75) is 6.18 Å². The number of benzene rings is 1. The number of halogens is 3. The Morgan fingerprint density at radius 1 is 0.917 bits per heavy atom. The van der Waals surface area contributed by atoms with Crippen LogP contribution in [0, 0.1) is 0 Å². The predicted molar refractivity (Wildman–Crippen MR) is 82.9 cm³/mol. The molecule has 128 valence electrons. The van der Waals surface area contributed by atoms with Gasteiger partial charge in [-0.1, -0.05) is 18.2 Å². The standard InChI is InChI=1S/C13H9F3O2.C5H5.Fe/c14-13(15,16)11-5-3-8(4-6-11)9-1-2-10(7-9)12(17)18;1-2-4-5-3-1;/h1-7,17-18H;1-5H;/q;-1;. The molecule has 0 amide bonds. The van der Waals surface area contributed by atoms with Gasteiger partial charge in [0.25, 0.3) is 5.95 Å². The number of hydrogen-bond acceptors (Lipinski definition) is 2. The van der Waals surface area contributed by atoms with Gasteiger partial charge >= 0.3 is 6.18 Å². The molecule has 0 aromatic heterocycles. The largest absolute Gasteiger partial charge is 0.481 e. The van der Waals surface area contributed by atoms with Crippen LogP contribution in [-0.4, -0.2) is 10.2 Å². The fourth-order valence-electron chi connectivity index (χ4n) is 1.93. The van der Waals surface area contributed by atoms with Crippen molar-refractivity contribution < 1.29 is 40.5 Å². The van der Waals surface area contributed by atoms with Gasteiger partial charge in [-0.15, -0.1) is 0 Å². The zero-order chi connectivity index (χ0) is 16.9. The van der Waals surface area contributed by atoms with Crippen LogP contribution >= 0.6 is 0 Å². The van der Waals surface area contributed by atoms with E-state index in [1.807, 2.05) is 30.3 Å². The van der Waals surface area contributed by atoms with E-state index >= 15 is 0 Å². The van der Waals surface area contributed by atoms with Gasteiger partial charge in [0.15, 0.2) is 0 Å². The minimum Gasteiger partial charge on any atom is -0.481 e. The van der Waals surface area contributed by atoms with Crippen molar-refractivity contribution in [3.05, 3.63) is 95.5 Å². The first-order valence-corrected chi connectivity index (χ1v) is 6.74. The summed E-state index contributed by atoms with van der Waals surface area (Å²) >= 11 is 0. The second-order valence-corrected chi connectivity index (χ2v) is 4.75. The topological polar surface area (TPSA) is 40.5 Å². The molecular weight excluding hydrogens is 361 g/mol. The first-order valence-electron chi connectivity index (χ1n) is 6.74. The molecule has 0 radical (unpaired) electrons. The van der Waals surface area contributed by atoms with Crippen LogP contribution in [0.2, 0.25) is 0 Å². The van der Waals surface area contributed by atoms with Crippen molar-refractivity contribution in [1.82, 2.24) is 0 Å². The molecule has 0 aliphatic heterocycles. The van der Waals surface area contributed by atoms with Crippen molar-refractivity contribution in [1.29, 1.82) is 0 Å². The average Bonchev–Trinajstić information content (AvgIpc) is 3.21. The summed E-state index contributed by atoms with van der Waals surface area (Å²) in [5.41, 5.74) is 0.717. The molecule has 0 fully saturated rings. The maximum atomic E-state index is 12.4. The molecule has 1 aliphatic carbocycles. The first-order chi connectivity index (χ1) is 10.9. The summed E-state index contributed by atoms with van der Waals surface area (Å²) in [6, 6.07) is 14.7. The van der Waals surface area contributed by atoms with E-state index in [1.54, 1.807) is 6.08 Å². The summed E-state index contributed by atoms with van der Waals surface area (Å²) in [5.74, 6) is -0.812. The summed E-state index contributed by atoms with van der Waals surface area (Å²) in [7, 11) is 0. The molecule has 0 saturated carbocycles. The van der Waals surface area contributed by atoms with E-state index in [-0.39, 0.29) is 22.6 Å². The molecule has 2 aromatic rings. The molecule has 0 saturated heterocycles. The van der Waals surface area contributed by atoms with Gasteiger partial charge in [0.2, 0.25) is 0 Å². The molecule has 24 heavy (non-hydrogen) atoms. The first kappa shape index (κ1) is 19.7. The number of alkyl halides is 3. The van der Waals surface area contributed by atoms with Crippen LogP contribution in [0.1, 0.15) is 11.1 Å². The Balaban J connectivity index is 0.000000412. The van der Waals surface area contributed by atoms with Crippen LogP contribution in [0.25, 0.3) is 5.57 Å². The van der Waals surface area contributed by atoms with Crippen molar-refractivity contribution in [2.24, 2.45) is 0 Å². The van der Waals surface area contributed by atoms with Crippen molar-refractivity contribution in [3.63, 3.8) is 0 Å². The van der Waals surface area contributed by atoms with E-state index in [2.05, 4.69) is 0 Å². The minimum absolute atomic E-state index is 0. The van der Waals surface area contributed by atoms with Gasteiger partial charge in [-0.3, -0.25) is 0 Å². The number of aliphatic hydroxyl groups excluding tert-OH is 1. The molecule has 2 aromatic carbocycles. The quantitative estimate of drug-likeness (QED) is 0.399. The van der Waals surface area contributed by atoms with Crippen LogP contribution in [-0.2, 0) is 23.2 Å². The van der Waals surface area contributed by atoms with E-state index < -0.39 is 17.7 Å². The Morgan fingerprint density at radius 3 is 1.88 bits per heavy atom. The Hall–Kier alpha value is -2.30. The van der Waals surface area contributed by atoms with Crippen molar-refractivity contribution in [3.8, 4) is 0 Å². The summed E-state index contributed by atoms with van der Waals surface area (Å²) in [6.45, 7) is 0. The van der Waals surface area contributed by atoms with Gasteiger partial charge in [-0.2, -0.15) is 31.4 Å². The number of hydrogen-bond donors (Lipinski definition) is 2. The van der Waals surface area contributed by atoms with Crippen LogP contribution in [0.15, 0.2) is 84.3 Å². The van der Waals surface area contributed by atoms with Crippen LogP contribution in [0.4, 0.5) is 13.2 Å². The Bertz CT molecular complexity index is 703. The van der Waals surface area contributed by atoms with E-state index in [0.29, 0.717) is 11.1 Å². The molecule has 0 heterocycles. The second-order valence-electron chi connectivity index (χ2n) is 4.75. The minimum atomic E-state index is -4.35. The fraction of sp³-hybridized carbons (Fsp3) is 0.0556. The molecule has 2 nitrogen and oxygen atoms in total. The zero-order valence-electron chi connectivity index (χ0n) is 12.3. The second kappa shape index (κ2) is 8.52. The smallest absolute Gasteiger partial charge is 0.416 e. The van der Waals surface area contributed by atoms with Crippen molar-refractivity contribution in [2.75, 3.05) is 0 Å². The van der Waals surface area contributed by atoms with Gasteiger partial charge in [0.05, 0.1) is 11.1 Å². The maximum Gasteiger partial charge on any atom is 0.416 e. The van der Waals surface area contributed by atoms with E-state index in [4.69, 9.17) is 10.2 Å². The average molecular weight is 375 g/mol. The molecule has 0 spiro atoms. The maximum absolute atomic E-state index is 12.4.